The van der Waals surface area contributed by atoms with E-state index in [2.05, 4.69) is 20.5 Å². The minimum Gasteiger partial charge on any atom is -0.481 e. The molecule has 1 aliphatic heterocycles. The van der Waals surface area contributed by atoms with Crippen LogP contribution >= 0.6 is 11.3 Å². The van der Waals surface area contributed by atoms with Gasteiger partial charge in [-0.1, -0.05) is 6.42 Å². The first kappa shape index (κ1) is 13.6. The highest BCUT2D eigenvalue weighted by Crippen LogP contribution is 2.23. The van der Waals surface area contributed by atoms with Gasteiger partial charge in [-0.05, 0) is 25.8 Å². The summed E-state index contributed by atoms with van der Waals surface area (Å²) in [5, 5.41) is 10.9. The maximum atomic E-state index is 10.8. The van der Waals surface area contributed by atoms with Crippen molar-refractivity contribution < 1.29 is 9.90 Å². The largest absolute Gasteiger partial charge is 0.481 e. The summed E-state index contributed by atoms with van der Waals surface area (Å²) in [6, 6.07) is 0.389. The molecule has 0 aliphatic carbocycles. The zero-order valence-corrected chi connectivity index (χ0v) is 12.2. The van der Waals surface area contributed by atoms with Crippen LogP contribution in [0.5, 0.6) is 0 Å². The molecule has 3 rings (SSSR count). The van der Waals surface area contributed by atoms with E-state index < -0.39 is 5.97 Å². The molecule has 2 aromatic heterocycles. The molecule has 0 bridgehead atoms. The third-order valence-electron chi connectivity index (χ3n) is 3.95. The van der Waals surface area contributed by atoms with Crippen LogP contribution in [0.4, 0.5) is 0 Å². The van der Waals surface area contributed by atoms with E-state index in [0.717, 1.165) is 36.6 Å². The molecular weight excluding hydrogens is 274 g/mol. The van der Waals surface area contributed by atoms with Crippen molar-refractivity contribution in [1.82, 2.24) is 14.3 Å². The minimum absolute atomic E-state index is 0.263. The zero-order valence-electron chi connectivity index (χ0n) is 11.4. The highest BCUT2D eigenvalue weighted by atomic mass is 32.1. The molecule has 1 fully saturated rings. The first-order valence-corrected chi connectivity index (χ1v) is 7.97. The maximum Gasteiger partial charge on any atom is 0.303 e. The Labute approximate surface area is 121 Å². The second kappa shape index (κ2) is 5.93. The number of rotatable bonds is 5. The van der Waals surface area contributed by atoms with Crippen molar-refractivity contribution in [3.05, 3.63) is 23.5 Å². The molecule has 2 aromatic rings. The molecule has 1 aliphatic rings. The normalized spacial score (nSPS) is 20.5. The summed E-state index contributed by atoms with van der Waals surface area (Å²) in [6.45, 7) is 1.88. The van der Waals surface area contributed by atoms with Gasteiger partial charge in [0.2, 0.25) is 0 Å². The van der Waals surface area contributed by atoms with Gasteiger partial charge in [0.15, 0.2) is 4.96 Å². The SMILES string of the molecule is O=C(O)CCC1CCCCN1Cc1cn2ccsc2n1. The van der Waals surface area contributed by atoms with Crippen molar-refractivity contribution in [2.24, 2.45) is 0 Å². The number of carbonyl (C=O) groups is 1. The Kier molecular flexibility index (Phi) is 4.03. The van der Waals surface area contributed by atoms with Gasteiger partial charge < -0.3 is 5.11 Å². The molecular formula is C14H19N3O2S. The van der Waals surface area contributed by atoms with E-state index in [1.165, 1.54) is 12.8 Å². The Morgan fingerprint density at radius 2 is 2.40 bits per heavy atom. The molecule has 108 valence electrons. The number of hydrogen-bond acceptors (Lipinski definition) is 4. The van der Waals surface area contributed by atoms with Crippen LogP contribution in [0.1, 0.15) is 37.8 Å². The topological polar surface area (TPSA) is 57.8 Å². The summed E-state index contributed by atoms with van der Waals surface area (Å²) < 4.78 is 2.05. The van der Waals surface area contributed by atoms with Crippen molar-refractivity contribution in [2.45, 2.75) is 44.7 Å². The summed E-state index contributed by atoms with van der Waals surface area (Å²) in [5.74, 6) is -0.696. The first-order valence-electron chi connectivity index (χ1n) is 7.09. The molecule has 0 aromatic carbocycles. The summed E-state index contributed by atoms with van der Waals surface area (Å²) in [4.78, 5) is 18.8. The summed E-state index contributed by atoms with van der Waals surface area (Å²) in [7, 11) is 0. The predicted octanol–water partition coefficient (Wildman–Crippen LogP) is 2.62. The standard InChI is InChI=1S/C14H19N3O2S/c18-13(19)5-4-12-3-1-2-6-16(12)9-11-10-17-7-8-20-14(17)15-11/h7-8,10,12H,1-6,9H2,(H,18,19). The number of nitrogens with zero attached hydrogens (tertiary/aromatic N) is 3. The maximum absolute atomic E-state index is 10.8. The van der Waals surface area contributed by atoms with Gasteiger partial charge in [-0.15, -0.1) is 11.3 Å². The molecule has 3 heterocycles. The van der Waals surface area contributed by atoms with E-state index in [9.17, 15) is 4.79 Å². The van der Waals surface area contributed by atoms with Crippen molar-refractivity contribution in [3.63, 3.8) is 0 Å². The lowest BCUT2D eigenvalue weighted by molar-refractivity contribution is -0.137. The highest BCUT2D eigenvalue weighted by Gasteiger charge is 2.23. The molecule has 0 spiro atoms. The number of hydrogen-bond donors (Lipinski definition) is 1. The lowest BCUT2D eigenvalue weighted by atomic mass is 9.98. The predicted molar refractivity (Wildman–Crippen MR) is 78.0 cm³/mol. The molecule has 0 amide bonds. The Morgan fingerprint density at radius 3 is 3.20 bits per heavy atom. The van der Waals surface area contributed by atoms with E-state index in [-0.39, 0.29) is 6.42 Å². The molecule has 6 heteroatoms. The van der Waals surface area contributed by atoms with Gasteiger partial charge in [-0.25, -0.2) is 4.98 Å². The Balaban J connectivity index is 1.66. The zero-order chi connectivity index (χ0) is 13.9. The number of carboxylic acids is 1. The average molecular weight is 293 g/mol. The number of piperidine rings is 1. The number of aliphatic carboxylic acids is 1. The molecule has 5 nitrogen and oxygen atoms in total. The van der Waals surface area contributed by atoms with Crippen molar-refractivity contribution >= 4 is 22.3 Å². The van der Waals surface area contributed by atoms with Crippen LogP contribution in [-0.4, -0.2) is 37.9 Å². The van der Waals surface area contributed by atoms with Gasteiger partial charge in [-0.3, -0.25) is 14.1 Å². The van der Waals surface area contributed by atoms with Crippen molar-refractivity contribution in [1.29, 1.82) is 0 Å². The lowest BCUT2D eigenvalue weighted by Gasteiger charge is -2.35. The van der Waals surface area contributed by atoms with Gasteiger partial charge in [0.05, 0.1) is 5.69 Å². The molecule has 0 saturated carbocycles. The van der Waals surface area contributed by atoms with E-state index in [0.29, 0.717) is 6.04 Å². The molecule has 0 radical (unpaired) electrons. The van der Waals surface area contributed by atoms with E-state index in [4.69, 9.17) is 5.11 Å². The number of imidazole rings is 1. The second-order valence-electron chi connectivity index (χ2n) is 5.38. The first-order chi connectivity index (χ1) is 9.72. The Bertz CT molecular complexity index is 564. The molecule has 1 saturated heterocycles. The van der Waals surface area contributed by atoms with Crippen LogP contribution in [0, 0.1) is 0 Å². The number of likely N-dealkylation sites (tertiary alicyclic amines) is 1. The van der Waals surface area contributed by atoms with Crippen LogP contribution in [0.3, 0.4) is 0 Å². The quantitative estimate of drug-likeness (QED) is 0.920. The third kappa shape index (κ3) is 3.02. The van der Waals surface area contributed by atoms with E-state index in [1.807, 2.05) is 11.6 Å². The van der Waals surface area contributed by atoms with Gasteiger partial charge in [0.25, 0.3) is 0 Å². The van der Waals surface area contributed by atoms with Crippen molar-refractivity contribution in [2.75, 3.05) is 6.54 Å². The number of aromatic nitrogens is 2. The summed E-state index contributed by atoms with van der Waals surface area (Å²) in [6.07, 6.45) is 8.63. The van der Waals surface area contributed by atoms with Gasteiger partial charge >= 0.3 is 5.97 Å². The second-order valence-corrected chi connectivity index (χ2v) is 6.25. The summed E-state index contributed by atoms with van der Waals surface area (Å²) in [5.41, 5.74) is 1.08. The van der Waals surface area contributed by atoms with E-state index in [1.54, 1.807) is 11.3 Å². The van der Waals surface area contributed by atoms with Crippen LogP contribution in [0.25, 0.3) is 4.96 Å². The molecule has 1 unspecified atom stereocenters. The molecule has 1 atom stereocenters. The third-order valence-corrected chi connectivity index (χ3v) is 4.72. The fourth-order valence-corrected chi connectivity index (χ4v) is 3.66. The van der Waals surface area contributed by atoms with Crippen LogP contribution in [0.15, 0.2) is 17.8 Å². The van der Waals surface area contributed by atoms with Crippen LogP contribution in [0.2, 0.25) is 0 Å². The van der Waals surface area contributed by atoms with Gasteiger partial charge in [-0.2, -0.15) is 0 Å². The fraction of sp³-hybridized carbons (Fsp3) is 0.571. The lowest BCUT2D eigenvalue weighted by Crippen LogP contribution is -2.39. The van der Waals surface area contributed by atoms with Gasteiger partial charge in [0, 0.05) is 36.8 Å². The van der Waals surface area contributed by atoms with Crippen LogP contribution < -0.4 is 0 Å². The Hall–Kier alpha value is -1.40. The molecule has 20 heavy (non-hydrogen) atoms. The highest BCUT2D eigenvalue weighted by molar-refractivity contribution is 7.15. The summed E-state index contributed by atoms with van der Waals surface area (Å²) >= 11 is 1.64. The number of fused-ring (bicyclic) bond motifs is 1. The van der Waals surface area contributed by atoms with Gasteiger partial charge in [0.1, 0.15) is 0 Å². The molecule has 1 N–H and O–H groups in total. The number of thiazole rings is 1. The minimum atomic E-state index is -0.696. The van der Waals surface area contributed by atoms with E-state index >= 15 is 0 Å². The Morgan fingerprint density at radius 1 is 1.50 bits per heavy atom. The fourth-order valence-electron chi connectivity index (χ4n) is 2.95. The monoisotopic (exact) mass is 293 g/mol. The smallest absolute Gasteiger partial charge is 0.303 e. The van der Waals surface area contributed by atoms with Crippen LogP contribution in [-0.2, 0) is 11.3 Å². The average Bonchev–Trinajstić information content (AvgIpc) is 2.98. The van der Waals surface area contributed by atoms with Crippen molar-refractivity contribution in [3.8, 4) is 0 Å². The number of carboxylic acid groups (broad SMARTS) is 1.